The molecule has 0 saturated heterocycles. The predicted octanol–water partition coefficient (Wildman–Crippen LogP) is 0.992. The summed E-state index contributed by atoms with van der Waals surface area (Å²) in [6, 6.07) is 0. The van der Waals surface area contributed by atoms with Crippen LogP contribution in [0.15, 0.2) is 17.0 Å². The number of H-pyrrole nitrogens is 1. The van der Waals surface area contributed by atoms with Crippen LogP contribution in [0.2, 0.25) is 0 Å². The van der Waals surface area contributed by atoms with E-state index in [4.69, 9.17) is 0 Å². The topological polar surface area (TPSA) is 83.5 Å². The number of hydrogen-bond acceptors (Lipinski definition) is 6. The number of likely N-dealkylation sites (N-methyl/N-ethyl adjacent to an activating group) is 1. The Balaban J connectivity index is 2.07. The first-order valence-electron chi connectivity index (χ1n) is 5.08. The molecule has 0 aliphatic carbocycles. The number of nitrogens with one attached hydrogen (secondary N) is 1. The molecule has 1 atom stereocenters. The number of aromatic nitrogens is 6. The van der Waals surface area contributed by atoms with Crippen molar-refractivity contribution in [1.29, 1.82) is 0 Å². The van der Waals surface area contributed by atoms with Crippen LogP contribution in [0.4, 0.5) is 5.82 Å². The van der Waals surface area contributed by atoms with Crippen molar-refractivity contribution in [3.63, 3.8) is 0 Å². The number of hydrogen-bond donors (Lipinski definition) is 1. The maximum Gasteiger partial charge on any atom is 0.179 e. The Morgan fingerprint density at radius 2 is 2.35 bits per heavy atom. The largest absolute Gasteiger partial charge is 0.358 e. The number of tetrazole rings is 1. The smallest absolute Gasteiger partial charge is 0.179 e. The lowest BCUT2D eigenvalue weighted by Crippen LogP contribution is -2.24. The summed E-state index contributed by atoms with van der Waals surface area (Å²) in [5.74, 6) is 1.71. The Bertz CT molecular complexity index is 472. The van der Waals surface area contributed by atoms with E-state index in [-0.39, 0.29) is 5.92 Å². The fraction of sp³-hybridized carbons (Fsp3) is 0.444. The number of halogens is 1. The number of anilines is 1. The molecular formula is C9H12BrN7. The lowest BCUT2D eigenvalue weighted by Gasteiger charge is -2.21. The maximum atomic E-state index is 4.22. The molecule has 7 nitrogen and oxygen atoms in total. The minimum atomic E-state index is 0.167. The van der Waals surface area contributed by atoms with Crippen molar-refractivity contribution in [1.82, 2.24) is 30.6 Å². The number of nitrogens with zero attached hydrogens (tertiary/aromatic N) is 6. The quantitative estimate of drug-likeness (QED) is 0.906. The fourth-order valence-electron chi connectivity index (χ4n) is 1.54. The van der Waals surface area contributed by atoms with Crippen LogP contribution in [0, 0.1) is 0 Å². The van der Waals surface area contributed by atoms with Gasteiger partial charge in [-0.2, -0.15) is 5.21 Å². The van der Waals surface area contributed by atoms with E-state index in [1.54, 1.807) is 6.20 Å². The summed E-state index contributed by atoms with van der Waals surface area (Å²) >= 11 is 3.42. The monoisotopic (exact) mass is 297 g/mol. The summed E-state index contributed by atoms with van der Waals surface area (Å²) in [5, 5.41) is 13.9. The summed E-state index contributed by atoms with van der Waals surface area (Å²) in [5.41, 5.74) is 0. The van der Waals surface area contributed by atoms with E-state index in [1.807, 2.05) is 18.9 Å². The van der Waals surface area contributed by atoms with Gasteiger partial charge < -0.3 is 4.90 Å². The molecule has 2 aromatic heterocycles. The molecule has 8 heteroatoms. The van der Waals surface area contributed by atoms with Crippen molar-refractivity contribution >= 4 is 21.7 Å². The van der Waals surface area contributed by atoms with Crippen LogP contribution in [0.25, 0.3) is 0 Å². The molecule has 0 aliphatic rings. The molecular weight excluding hydrogens is 286 g/mol. The zero-order valence-electron chi connectivity index (χ0n) is 9.50. The molecule has 0 saturated carbocycles. The highest BCUT2D eigenvalue weighted by Crippen LogP contribution is 2.22. The standard InChI is InChI=1S/C9H12BrN7/c1-6(8-13-15-16-14-8)4-17(2)9-7(10)3-11-5-12-9/h3,5-6H,4H2,1-2H3,(H,13,14,15,16)/t6-/m0/s1. The third-order valence-electron chi connectivity index (χ3n) is 2.36. The molecule has 2 rings (SSSR count). The fourth-order valence-corrected chi connectivity index (χ4v) is 2.07. The molecule has 0 spiro atoms. The van der Waals surface area contributed by atoms with Crippen molar-refractivity contribution in [2.45, 2.75) is 12.8 Å². The van der Waals surface area contributed by atoms with Crippen molar-refractivity contribution in [3.8, 4) is 0 Å². The van der Waals surface area contributed by atoms with Crippen molar-refractivity contribution in [3.05, 3.63) is 22.8 Å². The molecule has 0 amide bonds. The molecule has 1 N–H and O–H groups in total. The van der Waals surface area contributed by atoms with Crippen LogP contribution in [0.1, 0.15) is 18.7 Å². The van der Waals surface area contributed by atoms with Crippen molar-refractivity contribution < 1.29 is 0 Å². The second-order valence-corrected chi connectivity index (χ2v) is 4.60. The van der Waals surface area contributed by atoms with E-state index in [0.29, 0.717) is 5.82 Å². The molecule has 0 aliphatic heterocycles. The van der Waals surface area contributed by atoms with E-state index in [2.05, 4.69) is 46.5 Å². The van der Waals surface area contributed by atoms with Crippen LogP contribution in [-0.4, -0.2) is 44.2 Å². The molecule has 2 heterocycles. The third kappa shape index (κ3) is 2.76. The molecule has 2 aromatic rings. The second kappa shape index (κ2) is 5.17. The van der Waals surface area contributed by atoms with Gasteiger partial charge in [0.15, 0.2) is 5.82 Å². The first kappa shape index (κ1) is 11.9. The Labute approximate surface area is 107 Å². The van der Waals surface area contributed by atoms with Gasteiger partial charge in [0.25, 0.3) is 0 Å². The molecule has 0 aromatic carbocycles. The van der Waals surface area contributed by atoms with Crippen LogP contribution < -0.4 is 4.90 Å². The van der Waals surface area contributed by atoms with Crippen molar-refractivity contribution in [2.75, 3.05) is 18.5 Å². The predicted molar refractivity (Wildman–Crippen MR) is 65.6 cm³/mol. The lowest BCUT2D eigenvalue weighted by molar-refractivity contribution is 0.681. The molecule has 0 radical (unpaired) electrons. The van der Waals surface area contributed by atoms with E-state index in [0.717, 1.165) is 16.8 Å². The summed E-state index contributed by atoms with van der Waals surface area (Å²) in [4.78, 5) is 10.2. The van der Waals surface area contributed by atoms with Crippen LogP contribution in [0.3, 0.4) is 0 Å². The Morgan fingerprint density at radius 3 is 3.00 bits per heavy atom. The van der Waals surface area contributed by atoms with Gasteiger partial charge in [-0.25, -0.2) is 9.97 Å². The van der Waals surface area contributed by atoms with E-state index >= 15 is 0 Å². The third-order valence-corrected chi connectivity index (χ3v) is 2.92. The molecule has 0 bridgehead atoms. The number of rotatable bonds is 4. The molecule has 17 heavy (non-hydrogen) atoms. The Hall–Kier alpha value is -1.57. The van der Waals surface area contributed by atoms with Gasteiger partial charge in [-0.1, -0.05) is 12.1 Å². The van der Waals surface area contributed by atoms with Gasteiger partial charge in [0.05, 0.1) is 4.47 Å². The maximum absolute atomic E-state index is 4.22. The van der Waals surface area contributed by atoms with Crippen LogP contribution >= 0.6 is 15.9 Å². The summed E-state index contributed by atoms with van der Waals surface area (Å²) < 4.78 is 0.864. The van der Waals surface area contributed by atoms with E-state index < -0.39 is 0 Å². The molecule has 90 valence electrons. The summed E-state index contributed by atoms with van der Waals surface area (Å²) in [7, 11) is 1.96. The van der Waals surface area contributed by atoms with Gasteiger partial charge in [-0.3, -0.25) is 0 Å². The highest BCUT2D eigenvalue weighted by molar-refractivity contribution is 9.10. The zero-order valence-corrected chi connectivity index (χ0v) is 11.1. The van der Waals surface area contributed by atoms with Gasteiger partial charge >= 0.3 is 0 Å². The Kier molecular flexibility index (Phi) is 3.62. The Morgan fingerprint density at radius 1 is 1.53 bits per heavy atom. The van der Waals surface area contributed by atoms with Crippen molar-refractivity contribution in [2.24, 2.45) is 0 Å². The van der Waals surface area contributed by atoms with E-state index in [1.165, 1.54) is 6.33 Å². The van der Waals surface area contributed by atoms with Gasteiger partial charge in [0.1, 0.15) is 12.1 Å². The van der Waals surface area contributed by atoms with E-state index in [9.17, 15) is 0 Å². The van der Waals surface area contributed by atoms with Gasteiger partial charge in [-0.15, -0.1) is 10.2 Å². The van der Waals surface area contributed by atoms with Crippen LogP contribution in [0.5, 0.6) is 0 Å². The molecule has 0 unspecified atom stereocenters. The highest BCUT2D eigenvalue weighted by Gasteiger charge is 2.15. The minimum Gasteiger partial charge on any atom is -0.358 e. The first-order chi connectivity index (χ1) is 8.18. The minimum absolute atomic E-state index is 0.167. The van der Waals surface area contributed by atoms with Gasteiger partial charge in [-0.05, 0) is 15.9 Å². The van der Waals surface area contributed by atoms with Crippen LogP contribution in [-0.2, 0) is 0 Å². The zero-order chi connectivity index (χ0) is 12.3. The normalized spacial score (nSPS) is 12.4. The molecule has 0 fully saturated rings. The second-order valence-electron chi connectivity index (χ2n) is 3.75. The number of aromatic amines is 1. The average Bonchev–Trinajstić information content (AvgIpc) is 2.82. The lowest BCUT2D eigenvalue weighted by atomic mass is 10.1. The highest BCUT2D eigenvalue weighted by atomic mass is 79.9. The van der Waals surface area contributed by atoms with Gasteiger partial charge in [0.2, 0.25) is 0 Å². The SMILES string of the molecule is C[C@@H](CN(C)c1ncncc1Br)c1nn[nH]n1. The van der Waals surface area contributed by atoms with Gasteiger partial charge in [0, 0.05) is 25.7 Å². The first-order valence-corrected chi connectivity index (χ1v) is 5.87. The average molecular weight is 298 g/mol. The summed E-state index contributed by atoms with van der Waals surface area (Å²) in [6.07, 6.45) is 3.24. The summed E-state index contributed by atoms with van der Waals surface area (Å²) in [6.45, 7) is 2.78.